The molecule has 0 aliphatic rings. The molecule has 1 aromatic carbocycles. The molecule has 6 nitrogen and oxygen atoms in total. The molecule has 0 saturated heterocycles. The second-order valence-corrected chi connectivity index (χ2v) is 5.98. The average molecular weight is 281 g/mol. The van der Waals surface area contributed by atoms with Crippen LogP contribution in [-0.2, 0) is 10.0 Å². The van der Waals surface area contributed by atoms with Crippen LogP contribution in [0.1, 0.15) is 16.8 Å². The predicted molar refractivity (Wildman–Crippen MR) is 72.4 cm³/mol. The summed E-state index contributed by atoms with van der Waals surface area (Å²) in [7, 11) is -3.79. The van der Waals surface area contributed by atoms with Crippen molar-refractivity contribution >= 4 is 21.6 Å². The van der Waals surface area contributed by atoms with E-state index < -0.39 is 10.0 Å². The number of hydrogen-bond donors (Lipinski definition) is 2. The molecule has 0 aliphatic heterocycles. The minimum atomic E-state index is -3.79. The summed E-state index contributed by atoms with van der Waals surface area (Å²) in [4.78, 5) is 0.0709. The molecule has 0 spiro atoms. The van der Waals surface area contributed by atoms with Crippen molar-refractivity contribution < 1.29 is 12.9 Å². The summed E-state index contributed by atoms with van der Waals surface area (Å²) >= 11 is 0. The van der Waals surface area contributed by atoms with E-state index in [4.69, 9.17) is 10.3 Å². The Balaban J connectivity index is 2.48. The fourth-order valence-electron chi connectivity index (χ4n) is 1.76. The number of hydrogen-bond acceptors (Lipinski definition) is 5. The third kappa shape index (κ3) is 2.55. The highest BCUT2D eigenvalue weighted by atomic mass is 32.2. The zero-order valence-corrected chi connectivity index (χ0v) is 11.7. The molecule has 2 aromatic rings. The minimum Gasteiger partial charge on any atom is -0.398 e. The van der Waals surface area contributed by atoms with E-state index in [-0.39, 0.29) is 16.5 Å². The van der Waals surface area contributed by atoms with Gasteiger partial charge in [0.1, 0.15) is 4.90 Å². The fourth-order valence-corrected chi connectivity index (χ4v) is 3.17. The van der Waals surface area contributed by atoms with Crippen LogP contribution in [0, 0.1) is 20.8 Å². The number of benzene rings is 1. The van der Waals surface area contributed by atoms with Gasteiger partial charge in [-0.15, -0.1) is 0 Å². The molecule has 0 atom stereocenters. The van der Waals surface area contributed by atoms with Crippen molar-refractivity contribution in [3.05, 3.63) is 35.0 Å². The number of nitrogens with zero attached hydrogens (tertiary/aromatic N) is 1. The molecule has 2 rings (SSSR count). The average Bonchev–Trinajstić information content (AvgIpc) is 2.68. The Hall–Kier alpha value is -2.02. The number of nitrogens with one attached hydrogen (secondary N) is 1. The molecule has 0 radical (unpaired) electrons. The molecule has 7 heteroatoms. The van der Waals surface area contributed by atoms with E-state index in [0.717, 1.165) is 5.56 Å². The monoisotopic (exact) mass is 281 g/mol. The van der Waals surface area contributed by atoms with Crippen LogP contribution in [0.4, 0.5) is 11.6 Å². The van der Waals surface area contributed by atoms with E-state index in [1.165, 1.54) is 6.07 Å². The lowest BCUT2D eigenvalue weighted by Crippen LogP contribution is -2.16. The van der Waals surface area contributed by atoms with Gasteiger partial charge in [-0.2, -0.15) is 0 Å². The molecule has 1 aromatic heterocycles. The van der Waals surface area contributed by atoms with Crippen LogP contribution in [0.5, 0.6) is 0 Å². The Morgan fingerprint density at radius 2 is 1.95 bits per heavy atom. The predicted octanol–water partition coefficient (Wildman–Crippen LogP) is 1.98. The number of rotatable bonds is 3. The maximum Gasteiger partial charge on any atom is 0.266 e. The summed E-state index contributed by atoms with van der Waals surface area (Å²) in [6.07, 6.45) is 0. The van der Waals surface area contributed by atoms with E-state index in [2.05, 4.69) is 9.88 Å². The van der Waals surface area contributed by atoms with Crippen molar-refractivity contribution in [3.8, 4) is 0 Å². The van der Waals surface area contributed by atoms with Crippen LogP contribution >= 0.6 is 0 Å². The van der Waals surface area contributed by atoms with Crippen LogP contribution in [0.15, 0.2) is 27.6 Å². The Labute approximate surface area is 111 Å². The van der Waals surface area contributed by atoms with Crippen molar-refractivity contribution in [2.45, 2.75) is 25.7 Å². The summed E-state index contributed by atoms with van der Waals surface area (Å²) in [6, 6.07) is 4.85. The van der Waals surface area contributed by atoms with Crippen molar-refractivity contribution in [1.29, 1.82) is 0 Å². The van der Waals surface area contributed by atoms with Gasteiger partial charge >= 0.3 is 0 Å². The lowest BCUT2D eigenvalue weighted by molar-refractivity contribution is 0.430. The largest absolute Gasteiger partial charge is 0.398 e. The van der Waals surface area contributed by atoms with Crippen molar-refractivity contribution in [3.63, 3.8) is 0 Å². The van der Waals surface area contributed by atoms with Gasteiger partial charge in [-0.3, -0.25) is 0 Å². The second-order valence-electron chi connectivity index (χ2n) is 4.36. The third-order valence-electron chi connectivity index (χ3n) is 2.84. The number of aromatic nitrogens is 1. The Morgan fingerprint density at radius 3 is 2.53 bits per heavy atom. The molecule has 0 amide bonds. The van der Waals surface area contributed by atoms with Gasteiger partial charge in [0.15, 0.2) is 0 Å². The molecule has 0 unspecified atom stereocenters. The third-order valence-corrected chi connectivity index (χ3v) is 4.39. The summed E-state index contributed by atoms with van der Waals surface area (Å²) < 4.78 is 31.8. The first kappa shape index (κ1) is 13.4. The van der Waals surface area contributed by atoms with Gasteiger partial charge < -0.3 is 10.3 Å². The van der Waals surface area contributed by atoms with Gasteiger partial charge in [-0.05, 0) is 38.0 Å². The zero-order chi connectivity index (χ0) is 14.2. The van der Waals surface area contributed by atoms with Gasteiger partial charge in [-0.1, -0.05) is 11.2 Å². The van der Waals surface area contributed by atoms with Crippen LogP contribution in [0.2, 0.25) is 0 Å². The summed E-state index contributed by atoms with van der Waals surface area (Å²) in [6.45, 7) is 5.24. The molecular weight excluding hydrogens is 266 g/mol. The number of aryl methyl sites for hydroxylation is 2. The number of sulfonamides is 1. The number of nitrogen functional groups attached to an aromatic ring is 1. The first-order valence-electron chi connectivity index (χ1n) is 5.63. The highest BCUT2D eigenvalue weighted by Gasteiger charge is 2.22. The summed E-state index contributed by atoms with van der Waals surface area (Å²) in [5.74, 6) is 0.0674. The SMILES string of the molecule is Cc1cc(NS(=O)(=O)c2c(N)ccc(C)c2C)on1. The smallest absolute Gasteiger partial charge is 0.266 e. The van der Waals surface area contributed by atoms with E-state index in [9.17, 15) is 8.42 Å². The molecule has 0 bridgehead atoms. The molecular formula is C12H15N3O3S. The van der Waals surface area contributed by atoms with Gasteiger partial charge in [-0.25, -0.2) is 13.1 Å². The standard InChI is InChI=1S/C12H15N3O3S/c1-7-4-5-10(13)12(9(7)3)19(16,17)15-11-6-8(2)14-18-11/h4-6,15H,13H2,1-3H3. The van der Waals surface area contributed by atoms with Crippen LogP contribution in [0.25, 0.3) is 0 Å². The van der Waals surface area contributed by atoms with Crippen molar-refractivity contribution in [1.82, 2.24) is 5.16 Å². The lowest BCUT2D eigenvalue weighted by Gasteiger charge is -2.12. The minimum absolute atomic E-state index is 0.0674. The first-order chi connectivity index (χ1) is 8.81. The van der Waals surface area contributed by atoms with Crippen LogP contribution in [-0.4, -0.2) is 13.6 Å². The molecule has 3 N–H and O–H groups in total. The van der Waals surface area contributed by atoms with Gasteiger partial charge in [0.2, 0.25) is 5.88 Å². The molecule has 0 aliphatic carbocycles. The van der Waals surface area contributed by atoms with Gasteiger partial charge in [0, 0.05) is 6.07 Å². The number of nitrogens with two attached hydrogens (primary N) is 1. The Morgan fingerprint density at radius 1 is 1.26 bits per heavy atom. The van der Waals surface area contributed by atoms with Crippen LogP contribution < -0.4 is 10.5 Å². The molecule has 1 heterocycles. The highest BCUT2D eigenvalue weighted by Crippen LogP contribution is 2.27. The second kappa shape index (κ2) is 4.58. The van der Waals surface area contributed by atoms with E-state index in [0.29, 0.717) is 11.3 Å². The maximum atomic E-state index is 12.3. The van der Waals surface area contributed by atoms with Crippen molar-refractivity contribution in [2.75, 3.05) is 10.5 Å². The van der Waals surface area contributed by atoms with Crippen molar-refractivity contribution in [2.24, 2.45) is 0 Å². The number of anilines is 2. The van der Waals surface area contributed by atoms with Gasteiger partial charge in [0.25, 0.3) is 10.0 Å². The maximum absolute atomic E-state index is 12.3. The molecule has 0 fully saturated rings. The summed E-state index contributed by atoms with van der Waals surface area (Å²) in [5, 5.41) is 3.62. The van der Waals surface area contributed by atoms with E-state index in [1.54, 1.807) is 26.0 Å². The molecule has 0 saturated carbocycles. The highest BCUT2D eigenvalue weighted by molar-refractivity contribution is 7.93. The quantitative estimate of drug-likeness (QED) is 0.838. The molecule has 102 valence electrons. The molecule has 19 heavy (non-hydrogen) atoms. The normalized spacial score (nSPS) is 11.5. The fraction of sp³-hybridized carbons (Fsp3) is 0.250. The zero-order valence-electron chi connectivity index (χ0n) is 10.9. The summed E-state index contributed by atoms with van der Waals surface area (Å²) in [5.41, 5.74) is 8.02. The van der Waals surface area contributed by atoms with E-state index in [1.807, 2.05) is 6.92 Å². The van der Waals surface area contributed by atoms with Crippen LogP contribution in [0.3, 0.4) is 0 Å². The Kier molecular flexibility index (Phi) is 3.23. The van der Waals surface area contributed by atoms with E-state index >= 15 is 0 Å². The lowest BCUT2D eigenvalue weighted by atomic mass is 10.1. The topological polar surface area (TPSA) is 98.2 Å². The first-order valence-corrected chi connectivity index (χ1v) is 7.11. The Bertz CT molecular complexity index is 720. The van der Waals surface area contributed by atoms with Gasteiger partial charge in [0.05, 0.1) is 11.4 Å².